The first-order chi connectivity index (χ1) is 17.5. The zero-order valence-electron chi connectivity index (χ0n) is 20.6. The maximum atomic E-state index is 10.4. The van der Waals surface area contributed by atoms with Crippen LogP contribution in [0.4, 0.5) is 0 Å². The highest BCUT2D eigenvalue weighted by atomic mass is 16.5. The average molecular weight is 474 g/mol. The quantitative estimate of drug-likeness (QED) is 0.276. The lowest BCUT2D eigenvalue weighted by molar-refractivity contribution is 0.460. The zero-order valence-corrected chi connectivity index (χ0v) is 20.6. The van der Waals surface area contributed by atoms with Crippen LogP contribution in [0.3, 0.4) is 0 Å². The van der Waals surface area contributed by atoms with E-state index in [0.717, 1.165) is 45.0 Å². The van der Waals surface area contributed by atoms with Crippen molar-refractivity contribution in [3.8, 4) is 23.2 Å². The van der Waals surface area contributed by atoms with Crippen LogP contribution in [-0.4, -0.2) is 19.6 Å². The van der Waals surface area contributed by atoms with Crippen LogP contribution in [0.5, 0.6) is 17.4 Å². The van der Waals surface area contributed by atoms with E-state index >= 15 is 0 Å². The second-order valence-corrected chi connectivity index (χ2v) is 9.38. The van der Waals surface area contributed by atoms with Crippen LogP contribution in [0.15, 0.2) is 85.1 Å². The van der Waals surface area contributed by atoms with E-state index in [9.17, 15) is 5.11 Å². The third-order valence-electron chi connectivity index (χ3n) is 6.81. The topological polar surface area (TPSA) is 60.2 Å². The first kappa shape index (κ1) is 22.1. The number of fused-ring (bicyclic) bond motifs is 4. The molecule has 5 heteroatoms. The van der Waals surface area contributed by atoms with Crippen molar-refractivity contribution in [2.75, 3.05) is 0 Å². The Kier molecular flexibility index (Phi) is 5.33. The van der Waals surface area contributed by atoms with E-state index in [1.807, 2.05) is 36.5 Å². The fraction of sp³-hybridized carbons (Fsp3) is 0.161. The highest BCUT2D eigenvalue weighted by Gasteiger charge is 2.15. The number of aromatic nitrogens is 3. The van der Waals surface area contributed by atoms with Gasteiger partial charge in [-0.15, -0.1) is 0 Å². The molecule has 0 spiro atoms. The number of aromatic hydroxyl groups is 1. The number of ether oxygens (including phenoxy) is 1. The molecule has 0 unspecified atom stereocenters. The van der Waals surface area contributed by atoms with Gasteiger partial charge < -0.3 is 9.84 Å². The average Bonchev–Trinajstić information content (AvgIpc) is 3.23. The summed E-state index contributed by atoms with van der Waals surface area (Å²) in [4.78, 5) is 9.34. The number of benzene rings is 3. The van der Waals surface area contributed by atoms with Gasteiger partial charge in [-0.25, -0.2) is 9.97 Å². The van der Waals surface area contributed by atoms with Crippen molar-refractivity contribution in [1.82, 2.24) is 14.5 Å². The molecule has 6 rings (SSSR count). The monoisotopic (exact) mass is 473 g/mol. The fourth-order valence-electron chi connectivity index (χ4n) is 4.91. The Hall–Kier alpha value is -4.38. The zero-order chi connectivity index (χ0) is 24.8. The molecular formula is C31H27N3O2. The molecule has 3 aromatic carbocycles. The molecule has 0 radical (unpaired) electrons. The number of hydrogen-bond acceptors (Lipinski definition) is 4. The van der Waals surface area contributed by atoms with Crippen LogP contribution in [0, 0.1) is 0 Å². The highest BCUT2D eigenvalue weighted by molar-refractivity contribution is 6.09. The Morgan fingerprint density at radius 3 is 2.50 bits per heavy atom. The first-order valence-corrected chi connectivity index (χ1v) is 12.3. The van der Waals surface area contributed by atoms with Gasteiger partial charge in [0.1, 0.15) is 22.8 Å². The molecule has 0 aliphatic heterocycles. The van der Waals surface area contributed by atoms with Crippen molar-refractivity contribution in [2.24, 2.45) is 0 Å². The minimum atomic E-state index is 0.152. The van der Waals surface area contributed by atoms with Gasteiger partial charge >= 0.3 is 0 Å². The predicted molar refractivity (Wildman–Crippen MR) is 146 cm³/mol. The Bertz CT molecular complexity index is 1750. The summed E-state index contributed by atoms with van der Waals surface area (Å²) >= 11 is 0. The third kappa shape index (κ3) is 3.64. The number of hydrogen-bond donors (Lipinski definition) is 1. The van der Waals surface area contributed by atoms with Crippen LogP contribution >= 0.6 is 0 Å². The predicted octanol–water partition coefficient (Wildman–Crippen LogP) is 7.91. The number of nitrogens with zero attached hydrogens (tertiary/aromatic N) is 3. The van der Waals surface area contributed by atoms with Gasteiger partial charge in [-0.05, 0) is 65.9 Å². The minimum absolute atomic E-state index is 0.152. The summed E-state index contributed by atoms with van der Waals surface area (Å²) in [5, 5.41) is 13.6. The van der Waals surface area contributed by atoms with Gasteiger partial charge in [0.15, 0.2) is 0 Å². The Morgan fingerprint density at radius 1 is 0.861 bits per heavy atom. The third-order valence-corrected chi connectivity index (χ3v) is 6.81. The van der Waals surface area contributed by atoms with E-state index < -0.39 is 0 Å². The normalized spacial score (nSPS) is 11.7. The molecule has 3 aromatic heterocycles. The van der Waals surface area contributed by atoms with E-state index in [1.54, 1.807) is 6.07 Å². The molecule has 0 aliphatic carbocycles. The molecule has 0 saturated carbocycles. The molecule has 0 atom stereocenters. The second kappa shape index (κ2) is 8.68. The summed E-state index contributed by atoms with van der Waals surface area (Å²) in [7, 11) is 0. The van der Waals surface area contributed by atoms with Gasteiger partial charge in [-0.3, -0.25) is 4.57 Å². The molecule has 0 saturated heterocycles. The molecule has 0 aliphatic rings. The van der Waals surface area contributed by atoms with Gasteiger partial charge in [0.2, 0.25) is 5.88 Å². The van der Waals surface area contributed by atoms with Crippen molar-refractivity contribution >= 4 is 32.7 Å². The van der Waals surface area contributed by atoms with E-state index in [1.165, 1.54) is 5.56 Å². The van der Waals surface area contributed by atoms with Gasteiger partial charge in [-0.2, -0.15) is 0 Å². The number of aryl methyl sites for hydroxylation is 1. The Balaban J connectivity index is 1.49. The molecule has 178 valence electrons. The van der Waals surface area contributed by atoms with Gasteiger partial charge in [-0.1, -0.05) is 45.0 Å². The molecule has 36 heavy (non-hydrogen) atoms. The number of phenols is 1. The molecule has 5 nitrogen and oxygen atoms in total. The lowest BCUT2D eigenvalue weighted by Crippen LogP contribution is -1.99. The Morgan fingerprint density at radius 2 is 1.67 bits per heavy atom. The fourth-order valence-corrected chi connectivity index (χ4v) is 4.91. The van der Waals surface area contributed by atoms with Crippen LogP contribution in [0.1, 0.15) is 37.8 Å². The Labute approximate surface area is 209 Å². The number of pyridine rings is 2. The first-order valence-electron chi connectivity index (χ1n) is 12.3. The van der Waals surface area contributed by atoms with Crippen molar-refractivity contribution in [1.29, 1.82) is 0 Å². The molecule has 0 fully saturated rings. The standard InChI is InChI=1S/C31H27N3O2/c1-4-20-9-13-28(35)31-23(20)12-14-30(33-31)36-22-10-11-25-24-7-5-6-8-26(24)34(27(25)18-22)29-17-21(19(2)3)15-16-32-29/h5-19,35H,4H2,1-3H3. The van der Waals surface area contributed by atoms with Crippen LogP contribution < -0.4 is 4.74 Å². The summed E-state index contributed by atoms with van der Waals surface area (Å²) < 4.78 is 8.41. The van der Waals surface area contributed by atoms with E-state index in [0.29, 0.717) is 23.1 Å². The summed E-state index contributed by atoms with van der Waals surface area (Å²) in [6.07, 6.45) is 2.74. The van der Waals surface area contributed by atoms with Crippen molar-refractivity contribution in [3.05, 3.63) is 96.2 Å². The van der Waals surface area contributed by atoms with Crippen LogP contribution in [-0.2, 0) is 6.42 Å². The van der Waals surface area contributed by atoms with E-state index in [2.05, 4.69) is 72.8 Å². The summed E-state index contributed by atoms with van der Waals surface area (Å²) in [6.45, 7) is 6.47. The lowest BCUT2D eigenvalue weighted by Gasteiger charge is -2.12. The maximum absolute atomic E-state index is 10.4. The van der Waals surface area contributed by atoms with Crippen molar-refractivity contribution in [2.45, 2.75) is 33.1 Å². The number of para-hydroxylation sites is 1. The van der Waals surface area contributed by atoms with Crippen molar-refractivity contribution < 1.29 is 9.84 Å². The maximum Gasteiger partial charge on any atom is 0.219 e. The van der Waals surface area contributed by atoms with E-state index in [-0.39, 0.29) is 5.75 Å². The summed E-state index contributed by atoms with van der Waals surface area (Å²) in [5.74, 6) is 2.55. The molecule has 6 aromatic rings. The van der Waals surface area contributed by atoms with Gasteiger partial charge in [0.25, 0.3) is 0 Å². The second-order valence-electron chi connectivity index (χ2n) is 9.38. The number of rotatable bonds is 5. The van der Waals surface area contributed by atoms with E-state index in [4.69, 9.17) is 9.72 Å². The van der Waals surface area contributed by atoms with Gasteiger partial charge in [0.05, 0.1) is 11.0 Å². The molecule has 1 N–H and O–H groups in total. The molecule has 0 bridgehead atoms. The highest BCUT2D eigenvalue weighted by Crippen LogP contribution is 2.36. The van der Waals surface area contributed by atoms with Gasteiger partial charge in [0, 0.05) is 34.5 Å². The smallest absolute Gasteiger partial charge is 0.219 e. The van der Waals surface area contributed by atoms with Crippen LogP contribution in [0.2, 0.25) is 0 Å². The molecule has 3 heterocycles. The SMILES string of the molecule is CCc1ccc(O)c2nc(Oc3ccc4c5ccccc5n(-c5cc(C(C)C)ccn5)c4c3)ccc12. The summed E-state index contributed by atoms with van der Waals surface area (Å²) in [5.41, 5.74) is 5.04. The largest absolute Gasteiger partial charge is 0.506 e. The van der Waals surface area contributed by atoms with Crippen LogP contribution in [0.25, 0.3) is 38.5 Å². The summed E-state index contributed by atoms with van der Waals surface area (Å²) in [6, 6.07) is 26.1. The molecular weight excluding hydrogens is 446 g/mol. The minimum Gasteiger partial charge on any atom is -0.506 e. The molecule has 0 amide bonds. The van der Waals surface area contributed by atoms with Crippen molar-refractivity contribution in [3.63, 3.8) is 0 Å². The number of phenolic OH excluding ortho intramolecular Hbond substituents is 1. The lowest BCUT2D eigenvalue weighted by atomic mass is 10.1.